The fourth-order valence-corrected chi connectivity index (χ4v) is 2.01. The summed E-state index contributed by atoms with van der Waals surface area (Å²) < 4.78 is 2.22. The van der Waals surface area contributed by atoms with E-state index < -0.39 is 0 Å². The summed E-state index contributed by atoms with van der Waals surface area (Å²) in [6.07, 6.45) is 6.17. The van der Waals surface area contributed by atoms with Crippen LogP contribution in [0.3, 0.4) is 0 Å². The number of benzene rings is 1. The molecule has 1 aromatic heterocycles. The molecular weight excluding hydrogens is 206 g/mol. The summed E-state index contributed by atoms with van der Waals surface area (Å²) in [5, 5.41) is 2.20. The van der Waals surface area contributed by atoms with Gasteiger partial charge in [-0.25, -0.2) is 0 Å². The van der Waals surface area contributed by atoms with E-state index in [0.29, 0.717) is 0 Å². The average Bonchev–Trinajstić information content (AvgIpc) is 2.62. The number of aromatic nitrogens is 1. The van der Waals surface area contributed by atoms with Crippen molar-refractivity contribution in [2.45, 2.75) is 13.8 Å². The summed E-state index contributed by atoms with van der Waals surface area (Å²) in [5.41, 5.74) is 2.38. The highest BCUT2D eigenvalue weighted by atomic mass is 15.0. The summed E-state index contributed by atoms with van der Waals surface area (Å²) in [6, 6.07) is 12.5. The van der Waals surface area contributed by atoms with Crippen molar-refractivity contribution in [3.8, 4) is 5.69 Å². The largest absolute Gasteiger partial charge is 0.314 e. The second kappa shape index (κ2) is 4.88. The zero-order valence-corrected chi connectivity index (χ0v) is 10.4. The van der Waals surface area contributed by atoms with Crippen LogP contribution >= 0.6 is 0 Å². The third-order valence-corrected chi connectivity index (χ3v) is 2.77. The van der Waals surface area contributed by atoms with Crippen molar-refractivity contribution in [1.29, 1.82) is 0 Å². The van der Waals surface area contributed by atoms with Gasteiger partial charge in [0.05, 0.1) is 5.35 Å². The zero-order chi connectivity index (χ0) is 12.3. The second-order valence-corrected chi connectivity index (χ2v) is 4.06. The molecule has 2 rings (SSSR count). The summed E-state index contributed by atoms with van der Waals surface area (Å²) in [6.45, 7) is 8.22. The highest BCUT2D eigenvalue weighted by Crippen LogP contribution is 2.06. The Hall–Kier alpha value is -2.02. The maximum Gasteiger partial charge on any atom is 0.0525 e. The summed E-state index contributed by atoms with van der Waals surface area (Å²) in [4.78, 5) is 0. The van der Waals surface area contributed by atoms with E-state index in [-0.39, 0.29) is 0 Å². The normalized spacial score (nSPS) is 12.5. The van der Waals surface area contributed by atoms with Crippen LogP contribution in [0.4, 0.5) is 0 Å². The Kier molecular flexibility index (Phi) is 3.29. The molecule has 1 heteroatoms. The summed E-state index contributed by atoms with van der Waals surface area (Å²) in [7, 11) is 0. The van der Waals surface area contributed by atoms with Gasteiger partial charge in [-0.2, -0.15) is 0 Å². The van der Waals surface area contributed by atoms with Gasteiger partial charge in [0.1, 0.15) is 0 Å². The maximum absolute atomic E-state index is 4.09. The van der Waals surface area contributed by atoms with E-state index in [1.165, 1.54) is 11.4 Å². The molecule has 86 valence electrons. The fourth-order valence-electron chi connectivity index (χ4n) is 2.01. The summed E-state index contributed by atoms with van der Waals surface area (Å²) >= 11 is 0. The molecule has 0 radical (unpaired) electrons. The molecule has 0 saturated carbocycles. The quantitative estimate of drug-likeness (QED) is 0.737. The number of para-hydroxylation sites is 1. The Morgan fingerprint density at radius 2 is 1.88 bits per heavy atom. The van der Waals surface area contributed by atoms with E-state index >= 15 is 0 Å². The molecule has 0 unspecified atom stereocenters. The van der Waals surface area contributed by atoms with E-state index in [2.05, 4.69) is 54.5 Å². The number of hydrogen-bond donors (Lipinski definition) is 0. The first kappa shape index (κ1) is 11.5. The molecule has 0 saturated heterocycles. The van der Waals surface area contributed by atoms with Crippen LogP contribution in [0.2, 0.25) is 0 Å². The van der Waals surface area contributed by atoms with Crippen LogP contribution in [0.5, 0.6) is 0 Å². The van der Waals surface area contributed by atoms with Crippen LogP contribution in [0.15, 0.2) is 48.6 Å². The minimum Gasteiger partial charge on any atom is -0.314 e. The van der Waals surface area contributed by atoms with Gasteiger partial charge in [0.15, 0.2) is 0 Å². The molecule has 0 aliphatic rings. The van der Waals surface area contributed by atoms with Crippen molar-refractivity contribution in [2.75, 3.05) is 0 Å². The van der Waals surface area contributed by atoms with Crippen molar-refractivity contribution < 1.29 is 0 Å². The van der Waals surface area contributed by atoms with Crippen LogP contribution < -0.4 is 10.6 Å². The Morgan fingerprint density at radius 1 is 1.18 bits per heavy atom. The van der Waals surface area contributed by atoms with E-state index in [0.717, 1.165) is 10.6 Å². The van der Waals surface area contributed by atoms with Crippen molar-refractivity contribution >= 4 is 12.7 Å². The first-order valence-electron chi connectivity index (χ1n) is 5.80. The molecule has 2 aromatic rings. The lowest BCUT2D eigenvalue weighted by atomic mass is 10.3. The highest BCUT2D eigenvalue weighted by molar-refractivity contribution is 5.42. The second-order valence-electron chi connectivity index (χ2n) is 4.06. The van der Waals surface area contributed by atoms with E-state index in [9.17, 15) is 0 Å². The number of nitrogens with zero attached hydrogens (tertiary/aromatic N) is 1. The van der Waals surface area contributed by atoms with Crippen LogP contribution in [0, 0.1) is 6.92 Å². The third-order valence-electron chi connectivity index (χ3n) is 2.77. The Labute approximate surface area is 102 Å². The molecular formula is C16H17N. The van der Waals surface area contributed by atoms with Gasteiger partial charge in [-0.05, 0) is 43.3 Å². The standard InChI is InChI=1S/C16H17N/c1-4-5-11-16-13(2)12-14(3)17(16)15-9-7-6-8-10-15/h4-12H,2H2,1,3H3/b5-4-,16-11+. The van der Waals surface area contributed by atoms with Gasteiger partial charge in [-0.1, -0.05) is 36.9 Å². The number of aryl methyl sites for hydroxylation is 1. The number of hydrogen-bond acceptors (Lipinski definition) is 0. The SMILES string of the molecule is C=c1cc(C)n(-c2ccccc2)/c1=C/C=C\C. The molecule has 1 nitrogen and oxygen atoms in total. The molecule has 0 fully saturated rings. The Bertz CT molecular complexity index is 630. The van der Waals surface area contributed by atoms with Gasteiger partial charge in [0, 0.05) is 11.4 Å². The smallest absolute Gasteiger partial charge is 0.0525 e. The molecule has 17 heavy (non-hydrogen) atoms. The molecule has 0 amide bonds. The number of allylic oxidation sites excluding steroid dienone is 2. The predicted molar refractivity (Wildman–Crippen MR) is 74.6 cm³/mol. The predicted octanol–water partition coefficient (Wildman–Crippen LogP) is 2.55. The average molecular weight is 223 g/mol. The van der Waals surface area contributed by atoms with Gasteiger partial charge in [0.2, 0.25) is 0 Å². The third kappa shape index (κ3) is 2.23. The van der Waals surface area contributed by atoms with E-state index in [1.54, 1.807) is 0 Å². The zero-order valence-electron chi connectivity index (χ0n) is 10.4. The summed E-state index contributed by atoms with van der Waals surface area (Å²) in [5.74, 6) is 0. The first-order valence-corrected chi connectivity index (χ1v) is 5.80. The molecule has 0 bridgehead atoms. The van der Waals surface area contributed by atoms with Crippen LogP contribution in [0.1, 0.15) is 12.6 Å². The van der Waals surface area contributed by atoms with E-state index in [1.807, 2.05) is 25.1 Å². The lowest BCUT2D eigenvalue weighted by Crippen LogP contribution is -2.26. The van der Waals surface area contributed by atoms with Gasteiger partial charge >= 0.3 is 0 Å². The van der Waals surface area contributed by atoms with Crippen molar-refractivity contribution in [2.24, 2.45) is 0 Å². The molecule has 0 aliphatic carbocycles. The van der Waals surface area contributed by atoms with Gasteiger partial charge in [-0.3, -0.25) is 0 Å². The van der Waals surface area contributed by atoms with Crippen LogP contribution in [-0.2, 0) is 0 Å². The van der Waals surface area contributed by atoms with E-state index in [4.69, 9.17) is 0 Å². The number of rotatable bonds is 2. The van der Waals surface area contributed by atoms with Crippen LogP contribution in [-0.4, -0.2) is 4.57 Å². The van der Waals surface area contributed by atoms with Crippen molar-refractivity contribution in [3.63, 3.8) is 0 Å². The lowest BCUT2D eigenvalue weighted by Gasteiger charge is -2.06. The van der Waals surface area contributed by atoms with Crippen molar-refractivity contribution in [3.05, 3.63) is 64.8 Å². The van der Waals surface area contributed by atoms with Crippen molar-refractivity contribution in [1.82, 2.24) is 4.57 Å². The lowest BCUT2D eigenvalue weighted by molar-refractivity contribution is 0.977. The minimum atomic E-state index is 1.06. The Morgan fingerprint density at radius 3 is 2.53 bits per heavy atom. The maximum atomic E-state index is 4.09. The monoisotopic (exact) mass is 223 g/mol. The first-order chi connectivity index (χ1) is 8.24. The fraction of sp³-hybridized carbons (Fsp3) is 0.125. The van der Waals surface area contributed by atoms with Gasteiger partial charge in [0.25, 0.3) is 0 Å². The topological polar surface area (TPSA) is 4.93 Å². The highest BCUT2D eigenvalue weighted by Gasteiger charge is 2.01. The van der Waals surface area contributed by atoms with Crippen LogP contribution in [0.25, 0.3) is 18.3 Å². The minimum absolute atomic E-state index is 1.06. The van der Waals surface area contributed by atoms with Gasteiger partial charge in [-0.15, -0.1) is 0 Å². The van der Waals surface area contributed by atoms with Gasteiger partial charge < -0.3 is 4.57 Å². The molecule has 1 aromatic carbocycles. The molecule has 0 spiro atoms. The molecule has 0 aliphatic heterocycles. The molecule has 0 N–H and O–H groups in total. The molecule has 1 heterocycles. The molecule has 0 atom stereocenters. The Balaban J connectivity index is 2.74.